The summed E-state index contributed by atoms with van der Waals surface area (Å²) >= 11 is 0. The fraction of sp³-hybridized carbons (Fsp3) is 0.556. The van der Waals surface area contributed by atoms with Gasteiger partial charge < -0.3 is 14.7 Å². The molecule has 1 aromatic carbocycles. The van der Waals surface area contributed by atoms with Crippen LogP contribution in [0.3, 0.4) is 0 Å². The number of aliphatic carboxylic acids is 1. The first kappa shape index (κ1) is 16.9. The Labute approximate surface area is 142 Å². The van der Waals surface area contributed by atoms with Crippen LogP contribution in [0.15, 0.2) is 30.3 Å². The molecule has 2 fully saturated rings. The van der Waals surface area contributed by atoms with E-state index in [1.165, 1.54) is 0 Å². The number of carbonyl (C=O) groups excluding carboxylic acids is 1. The number of ether oxygens (including phenoxy) is 1. The Balaban J connectivity index is 1.62. The normalized spacial score (nSPS) is 22.4. The molecule has 0 aromatic heterocycles. The number of hydrogen-bond acceptors (Lipinski definition) is 4. The Kier molecular flexibility index (Phi) is 4.87. The van der Waals surface area contributed by atoms with Gasteiger partial charge in [0.2, 0.25) is 5.91 Å². The standard InChI is InChI=1S/C18H24N2O4/c1-19(13-16(21)22)11-15-12-20(9-10-24-15)17(23)18(7-8-18)14-5-3-2-4-6-14/h2-6,15H,7-13H2,1H3,(H,21,22). The summed E-state index contributed by atoms with van der Waals surface area (Å²) in [6, 6.07) is 9.98. The van der Waals surface area contributed by atoms with Crippen molar-refractivity contribution in [3.63, 3.8) is 0 Å². The number of carboxylic acid groups (broad SMARTS) is 1. The van der Waals surface area contributed by atoms with Crippen LogP contribution in [0.4, 0.5) is 0 Å². The minimum Gasteiger partial charge on any atom is -0.480 e. The molecule has 1 N–H and O–H groups in total. The average Bonchev–Trinajstić information content (AvgIpc) is 3.36. The van der Waals surface area contributed by atoms with Gasteiger partial charge in [-0.25, -0.2) is 0 Å². The molecule has 1 saturated heterocycles. The van der Waals surface area contributed by atoms with Crippen LogP contribution in [-0.2, 0) is 19.7 Å². The maximum atomic E-state index is 13.1. The molecule has 1 unspecified atom stereocenters. The molecule has 6 nitrogen and oxygen atoms in total. The molecule has 1 atom stereocenters. The molecule has 1 aliphatic heterocycles. The van der Waals surface area contributed by atoms with Crippen LogP contribution in [0.25, 0.3) is 0 Å². The molecule has 1 aromatic rings. The van der Waals surface area contributed by atoms with Crippen LogP contribution >= 0.6 is 0 Å². The number of rotatable bonds is 6. The summed E-state index contributed by atoms with van der Waals surface area (Å²) in [5.74, 6) is -0.676. The Bertz CT molecular complexity index is 600. The monoisotopic (exact) mass is 332 g/mol. The van der Waals surface area contributed by atoms with E-state index in [0.29, 0.717) is 26.2 Å². The van der Waals surface area contributed by atoms with Crippen molar-refractivity contribution in [3.8, 4) is 0 Å². The van der Waals surface area contributed by atoms with Crippen LogP contribution in [0.5, 0.6) is 0 Å². The molecular weight excluding hydrogens is 308 g/mol. The third-order valence-corrected chi connectivity index (χ3v) is 4.83. The summed E-state index contributed by atoms with van der Waals surface area (Å²) in [4.78, 5) is 27.4. The average molecular weight is 332 g/mol. The molecule has 3 rings (SSSR count). The first-order valence-electron chi connectivity index (χ1n) is 8.38. The lowest BCUT2D eigenvalue weighted by Gasteiger charge is -2.36. The Morgan fingerprint density at radius 2 is 2.04 bits per heavy atom. The summed E-state index contributed by atoms with van der Waals surface area (Å²) in [5, 5.41) is 8.85. The lowest BCUT2D eigenvalue weighted by molar-refractivity contribution is -0.144. The van der Waals surface area contributed by atoms with Crippen molar-refractivity contribution in [2.45, 2.75) is 24.4 Å². The predicted octanol–water partition coefficient (Wildman–Crippen LogP) is 0.962. The fourth-order valence-electron chi connectivity index (χ4n) is 3.47. The van der Waals surface area contributed by atoms with E-state index in [2.05, 4.69) is 0 Å². The Morgan fingerprint density at radius 1 is 1.33 bits per heavy atom. The summed E-state index contributed by atoms with van der Waals surface area (Å²) in [6.45, 7) is 2.11. The highest BCUT2D eigenvalue weighted by Crippen LogP contribution is 2.49. The van der Waals surface area contributed by atoms with Crippen LogP contribution in [0, 0.1) is 0 Å². The summed E-state index contributed by atoms with van der Waals surface area (Å²) in [7, 11) is 1.75. The second-order valence-corrected chi connectivity index (χ2v) is 6.78. The Morgan fingerprint density at radius 3 is 2.67 bits per heavy atom. The maximum absolute atomic E-state index is 13.1. The van der Waals surface area contributed by atoms with Gasteiger partial charge >= 0.3 is 5.97 Å². The van der Waals surface area contributed by atoms with Gasteiger partial charge in [0.25, 0.3) is 0 Å². The molecule has 0 spiro atoms. The van der Waals surface area contributed by atoms with Gasteiger partial charge in [0.1, 0.15) is 0 Å². The lowest BCUT2D eigenvalue weighted by atomic mass is 9.94. The molecule has 2 aliphatic rings. The number of carbonyl (C=O) groups is 2. The van der Waals surface area contributed by atoms with Gasteiger partial charge in [-0.3, -0.25) is 14.5 Å². The van der Waals surface area contributed by atoms with E-state index in [4.69, 9.17) is 9.84 Å². The molecule has 1 heterocycles. The zero-order valence-electron chi connectivity index (χ0n) is 14.0. The highest BCUT2D eigenvalue weighted by atomic mass is 16.5. The van der Waals surface area contributed by atoms with Crippen molar-refractivity contribution in [1.29, 1.82) is 0 Å². The van der Waals surface area contributed by atoms with Crippen LogP contribution in [-0.4, -0.2) is 72.7 Å². The van der Waals surface area contributed by atoms with Crippen LogP contribution < -0.4 is 0 Å². The second-order valence-electron chi connectivity index (χ2n) is 6.78. The number of carboxylic acids is 1. The second kappa shape index (κ2) is 6.91. The smallest absolute Gasteiger partial charge is 0.317 e. The van der Waals surface area contributed by atoms with E-state index in [9.17, 15) is 9.59 Å². The fourth-order valence-corrected chi connectivity index (χ4v) is 3.47. The van der Waals surface area contributed by atoms with Gasteiger partial charge in [-0.05, 0) is 25.5 Å². The zero-order valence-corrected chi connectivity index (χ0v) is 14.0. The number of amides is 1. The van der Waals surface area contributed by atoms with E-state index >= 15 is 0 Å². The number of nitrogens with zero attached hydrogens (tertiary/aromatic N) is 2. The largest absolute Gasteiger partial charge is 0.480 e. The van der Waals surface area contributed by atoms with Gasteiger partial charge in [0.05, 0.1) is 24.7 Å². The van der Waals surface area contributed by atoms with Gasteiger partial charge in [0.15, 0.2) is 0 Å². The van der Waals surface area contributed by atoms with Crippen molar-refractivity contribution >= 4 is 11.9 Å². The number of hydrogen-bond donors (Lipinski definition) is 1. The molecule has 24 heavy (non-hydrogen) atoms. The van der Waals surface area contributed by atoms with Gasteiger partial charge in [-0.15, -0.1) is 0 Å². The SMILES string of the molecule is CN(CC(=O)O)CC1CN(C(=O)C2(c3ccccc3)CC2)CCO1. The zero-order chi connectivity index (χ0) is 17.2. The molecule has 0 bridgehead atoms. The minimum absolute atomic E-state index is 0.0260. The van der Waals surface area contributed by atoms with Gasteiger partial charge in [-0.1, -0.05) is 30.3 Å². The van der Waals surface area contributed by atoms with Crippen molar-refractivity contribution in [2.75, 3.05) is 39.8 Å². The van der Waals surface area contributed by atoms with E-state index in [1.807, 2.05) is 35.2 Å². The first-order chi connectivity index (χ1) is 11.5. The maximum Gasteiger partial charge on any atom is 0.317 e. The van der Waals surface area contributed by atoms with E-state index in [0.717, 1.165) is 18.4 Å². The highest BCUT2D eigenvalue weighted by molar-refractivity contribution is 5.91. The molecule has 1 saturated carbocycles. The van der Waals surface area contributed by atoms with Crippen molar-refractivity contribution in [1.82, 2.24) is 9.80 Å². The third-order valence-electron chi connectivity index (χ3n) is 4.83. The number of likely N-dealkylation sites (N-methyl/N-ethyl adjacent to an activating group) is 1. The van der Waals surface area contributed by atoms with Gasteiger partial charge in [-0.2, -0.15) is 0 Å². The molecule has 130 valence electrons. The minimum atomic E-state index is -0.859. The van der Waals surface area contributed by atoms with E-state index < -0.39 is 5.97 Å². The predicted molar refractivity (Wildman–Crippen MR) is 88.8 cm³/mol. The van der Waals surface area contributed by atoms with E-state index in [1.54, 1.807) is 11.9 Å². The van der Waals surface area contributed by atoms with Gasteiger partial charge in [0, 0.05) is 19.6 Å². The van der Waals surface area contributed by atoms with Crippen LogP contribution in [0.2, 0.25) is 0 Å². The summed E-state index contributed by atoms with van der Waals surface area (Å²) in [5.41, 5.74) is 0.747. The van der Waals surface area contributed by atoms with Crippen molar-refractivity contribution in [3.05, 3.63) is 35.9 Å². The molecule has 1 amide bonds. The highest BCUT2D eigenvalue weighted by Gasteiger charge is 2.53. The van der Waals surface area contributed by atoms with E-state index in [-0.39, 0.29) is 24.0 Å². The quantitative estimate of drug-likeness (QED) is 0.840. The molecular formula is C18H24N2O4. The first-order valence-corrected chi connectivity index (χ1v) is 8.38. The molecule has 1 aliphatic carbocycles. The van der Waals surface area contributed by atoms with Crippen molar-refractivity contribution < 1.29 is 19.4 Å². The lowest BCUT2D eigenvalue weighted by Crippen LogP contribution is -2.52. The Hall–Kier alpha value is -1.92. The number of benzene rings is 1. The summed E-state index contributed by atoms with van der Waals surface area (Å²) < 4.78 is 5.72. The molecule has 0 radical (unpaired) electrons. The van der Waals surface area contributed by atoms with Crippen LogP contribution in [0.1, 0.15) is 18.4 Å². The topological polar surface area (TPSA) is 70.1 Å². The number of morpholine rings is 1. The third kappa shape index (κ3) is 3.60. The molecule has 6 heteroatoms. The summed E-state index contributed by atoms with van der Waals surface area (Å²) in [6.07, 6.45) is 1.66. The van der Waals surface area contributed by atoms with Crippen molar-refractivity contribution in [2.24, 2.45) is 0 Å².